The molecule has 0 saturated heterocycles. The van der Waals surface area contributed by atoms with Gasteiger partial charge in [0.05, 0.1) is 5.76 Å². The summed E-state index contributed by atoms with van der Waals surface area (Å²) >= 11 is 0. The number of aryl methyl sites for hydroxylation is 2. The zero-order valence-corrected chi connectivity index (χ0v) is 13.3. The molecule has 0 fully saturated rings. The number of anilines is 1. The molecule has 0 aliphatic carbocycles. The summed E-state index contributed by atoms with van der Waals surface area (Å²) in [6.07, 6.45) is 14.5. The Morgan fingerprint density at radius 3 is 2.41 bits per heavy atom. The predicted octanol–water partition coefficient (Wildman–Crippen LogP) is 4.61. The van der Waals surface area contributed by atoms with Crippen LogP contribution in [0.3, 0.4) is 0 Å². The van der Waals surface area contributed by atoms with Crippen molar-refractivity contribution in [2.45, 2.75) is 39.0 Å². The number of rotatable bonds is 2. The lowest BCUT2D eigenvalue weighted by Crippen LogP contribution is -2.34. The molecule has 0 radical (unpaired) electrons. The van der Waals surface area contributed by atoms with Gasteiger partial charge in [-0.3, -0.25) is 0 Å². The minimum atomic E-state index is 0.966. The monoisotopic (exact) mass is 293 g/mol. The van der Waals surface area contributed by atoms with Gasteiger partial charge in [0.1, 0.15) is 5.76 Å². The molecule has 4 rings (SSSR count). The van der Waals surface area contributed by atoms with Crippen LogP contribution in [-0.4, -0.2) is 13.1 Å². The first-order valence-electron chi connectivity index (χ1n) is 8.43. The van der Waals surface area contributed by atoms with Gasteiger partial charge in [-0.25, -0.2) is 0 Å². The second-order valence-electron chi connectivity index (χ2n) is 6.47. The summed E-state index contributed by atoms with van der Waals surface area (Å²) in [6.45, 7) is 4.49. The number of hydrogen-bond acceptors (Lipinski definition) is 2. The van der Waals surface area contributed by atoms with Gasteiger partial charge in [-0.15, -0.1) is 0 Å². The van der Waals surface area contributed by atoms with Crippen molar-refractivity contribution < 1.29 is 4.74 Å². The van der Waals surface area contributed by atoms with Gasteiger partial charge in [0.25, 0.3) is 0 Å². The maximum atomic E-state index is 5.73. The second kappa shape index (κ2) is 5.68. The fourth-order valence-corrected chi connectivity index (χ4v) is 3.82. The zero-order valence-electron chi connectivity index (χ0n) is 13.3. The highest BCUT2D eigenvalue weighted by Gasteiger charge is 2.23. The molecule has 3 aliphatic rings. The van der Waals surface area contributed by atoms with Crippen molar-refractivity contribution in [2.24, 2.45) is 0 Å². The summed E-state index contributed by atoms with van der Waals surface area (Å²) in [4.78, 5) is 2.59. The van der Waals surface area contributed by atoms with E-state index in [-0.39, 0.29) is 0 Å². The second-order valence-corrected chi connectivity index (χ2v) is 6.47. The smallest absolute Gasteiger partial charge is 0.123 e. The van der Waals surface area contributed by atoms with E-state index in [0.29, 0.717) is 0 Å². The normalized spacial score (nSPS) is 20.3. The Balaban J connectivity index is 1.62. The van der Waals surface area contributed by atoms with Gasteiger partial charge in [0, 0.05) is 18.8 Å². The molecule has 0 bridgehead atoms. The van der Waals surface area contributed by atoms with E-state index in [9.17, 15) is 0 Å². The fourth-order valence-electron chi connectivity index (χ4n) is 3.82. The third kappa shape index (κ3) is 2.58. The Hall–Kier alpha value is -1.96. The lowest BCUT2D eigenvalue weighted by Gasteiger charge is -2.37. The van der Waals surface area contributed by atoms with Crippen LogP contribution in [-0.2, 0) is 17.6 Å². The summed E-state index contributed by atoms with van der Waals surface area (Å²) < 4.78 is 5.73. The maximum absolute atomic E-state index is 5.73. The first-order chi connectivity index (χ1) is 10.8. The number of allylic oxidation sites excluding steroid dienone is 4. The van der Waals surface area contributed by atoms with Crippen molar-refractivity contribution >= 4 is 11.8 Å². The van der Waals surface area contributed by atoms with Crippen LogP contribution < -0.4 is 4.90 Å². The minimum Gasteiger partial charge on any atom is -0.463 e. The first-order valence-corrected chi connectivity index (χ1v) is 8.43. The number of nitrogens with zero attached hydrogens (tertiary/aromatic N) is 1. The van der Waals surface area contributed by atoms with E-state index in [1.807, 2.05) is 6.92 Å². The lowest BCUT2D eigenvalue weighted by molar-refractivity contribution is 0.313. The van der Waals surface area contributed by atoms with Gasteiger partial charge in [-0.1, -0.05) is 6.08 Å². The Bertz CT molecular complexity index is 650. The molecule has 3 aliphatic heterocycles. The molecule has 1 aromatic rings. The number of ether oxygens (including phenoxy) is 1. The van der Waals surface area contributed by atoms with Gasteiger partial charge in [0.2, 0.25) is 0 Å². The summed E-state index contributed by atoms with van der Waals surface area (Å²) in [7, 11) is 0. The Morgan fingerprint density at radius 1 is 1.00 bits per heavy atom. The van der Waals surface area contributed by atoms with Crippen molar-refractivity contribution in [1.82, 2.24) is 0 Å². The molecule has 0 amide bonds. The molecule has 0 unspecified atom stereocenters. The summed E-state index contributed by atoms with van der Waals surface area (Å²) in [5, 5.41) is 0. The maximum Gasteiger partial charge on any atom is 0.123 e. The quantitative estimate of drug-likeness (QED) is 0.789. The molecule has 114 valence electrons. The summed E-state index contributed by atoms with van der Waals surface area (Å²) in [6, 6.07) is 4.75. The molecule has 0 N–H and O–H groups in total. The molecule has 2 heteroatoms. The highest BCUT2D eigenvalue weighted by molar-refractivity contribution is 5.68. The van der Waals surface area contributed by atoms with Gasteiger partial charge < -0.3 is 9.64 Å². The standard InChI is InChI=1S/C20H23NO/c1-15-5-2-8-19(22-15)10-9-16-13-17-6-3-11-21-12-4-7-18(14-16)20(17)21/h5,8-10,13-14H,2-4,6-7,11-12H2,1H3/b10-9+. The largest absolute Gasteiger partial charge is 0.463 e. The van der Waals surface area contributed by atoms with Crippen LogP contribution in [0, 0.1) is 0 Å². The average Bonchev–Trinajstić information content (AvgIpc) is 2.54. The van der Waals surface area contributed by atoms with Gasteiger partial charge in [-0.2, -0.15) is 0 Å². The summed E-state index contributed by atoms with van der Waals surface area (Å²) in [5.41, 5.74) is 5.94. The molecular formula is C20H23NO. The molecule has 1 aromatic carbocycles. The van der Waals surface area contributed by atoms with Crippen molar-refractivity contribution in [3.05, 3.63) is 58.6 Å². The molecule has 0 saturated carbocycles. The predicted molar refractivity (Wildman–Crippen MR) is 91.9 cm³/mol. The van der Waals surface area contributed by atoms with Crippen molar-refractivity contribution in [3.63, 3.8) is 0 Å². The van der Waals surface area contributed by atoms with Crippen LogP contribution in [0.5, 0.6) is 0 Å². The third-order valence-corrected chi connectivity index (χ3v) is 4.80. The zero-order chi connectivity index (χ0) is 14.9. The average molecular weight is 293 g/mol. The Kier molecular flexibility index (Phi) is 3.53. The van der Waals surface area contributed by atoms with Crippen LogP contribution >= 0.6 is 0 Å². The van der Waals surface area contributed by atoms with E-state index in [1.54, 1.807) is 5.69 Å². The van der Waals surface area contributed by atoms with Crippen LogP contribution in [0.25, 0.3) is 6.08 Å². The van der Waals surface area contributed by atoms with E-state index >= 15 is 0 Å². The van der Waals surface area contributed by atoms with Crippen LogP contribution in [0.2, 0.25) is 0 Å². The van der Waals surface area contributed by atoms with Crippen LogP contribution in [0.1, 0.15) is 42.9 Å². The molecule has 2 nitrogen and oxygen atoms in total. The minimum absolute atomic E-state index is 0.966. The number of benzene rings is 1. The Labute approximate surface area is 132 Å². The third-order valence-electron chi connectivity index (χ3n) is 4.80. The van der Waals surface area contributed by atoms with Crippen molar-refractivity contribution in [1.29, 1.82) is 0 Å². The summed E-state index contributed by atoms with van der Waals surface area (Å²) in [5.74, 6) is 1.96. The van der Waals surface area contributed by atoms with Gasteiger partial charge in [0.15, 0.2) is 0 Å². The molecule has 0 spiro atoms. The fraction of sp³-hybridized carbons (Fsp3) is 0.400. The van der Waals surface area contributed by atoms with Gasteiger partial charge >= 0.3 is 0 Å². The Morgan fingerprint density at radius 2 is 1.73 bits per heavy atom. The topological polar surface area (TPSA) is 12.5 Å². The van der Waals surface area contributed by atoms with Crippen LogP contribution in [0.4, 0.5) is 5.69 Å². The van der Waals surface area contributed by atoms with E-state index in [4.69, 9.17) is 4.74 Å². The molecule has 0 atom stereocenters. The SMILES string of the molecule is CC1=CCC=C(/C=C/c2cc3c4c(c2)CCCN4CCC3)O1. The molecule has 22 heavy (non-hydrogen) atoms. The van der Waals surface area contributed by atoms with E-state index in [2.05, 4.69) is 41.3 Å². The van der Waals surface area contributed by atoms with Crippen LogP contribution in [0.15, 0.2) is 41.9 Å². The van der Waals surface area contributed by atoms with E-state index < -0.39 is 0 Å². The molecule has 0 aromatic heterocycles. The highest BCUT2D eigenvalue weighted by Crippen LogP contribution is 2.36. The first kappa shape index (κ1) is 13.7. The molecule has 3 heterocycles. The van der Waals surface area contributed by atoms with Gasteiger partial charge in [-0.05, 0) is 86.1 Å². The van der Waals surface area contributed by atoms with Crippen molar-refractivity contribution in [3.8, 4) is 0 Å². The van der Waals surface area contributed by atoms with E-state index in [0.717, 1.165) is 17.9 Å². The highest BCUT2D eigenvalue weighted by atomic mass is 16.5. The van der Waals surface area contributed by atoms with Crippen molar-refractivity contribution in [2.75, 3.05) is 18.0 Å². The lowest BCUT2D eigenvalue weighted by atomic mass is 9.90. The molecular weight excluding hydrogens is 270 g/mol. The van der Waals surface area contributed by atoms with E-state index in [1.165, 1.54) is 55.5 Å². The number of hydrogen-bond donors (Lipinski definition) is 0.